The van der Waals surface area contributed by atoms with Gasteiger partial charge >= 0.3 is 0 Å². The van der Waals surface area contributed by atoms with Crippen LogP contribution < -0.4 is 10.0 Å². The fourth-order valence-electron chi connectivity index (χ4n) is 2.21. The Kier molecular flexibility index (Phi) is 9.88. The van der Waals surface area contributed by atoms with E-state index < -0.39 is 10.0 Å². The van der Waals surface area contributed by atoms with Gasteiger partial charge in [0.05, 0.1) is 5.75 Å². The molecule has 1 saturated heterocycles. The van der Waals surface area contributed by atoms with Crippen LogP contribution in [0, 0.1) is 0 Å². The molecular weight excluding hydrogens is 294 g/mol. The molecule has 0 aliphatic carbocycles. The van der Waals surface area contributed by atoms with Crippen molar-refractivity contribution in [2.45, 2.75) is 25.7 Å². The quantitative estimate of drug-likeness (QED) is 0.549. The summed E-state index contributed by atoms with van der Waals surface area (Å²) >= 11 is 1.87. The summed E-state index contributed by atoms with van der Waals surface area (Å²) in [5.74, 6) is 1.43. The largest absolute Gasteiger partial charge is 0.314 e. The van der Waals surface area contributed by atoms with E-state index in [1.165, 1.54) is 18.6 Å². The zero-order chi connectivity index (χ0) is 14.7. The van der Waals surface area contributed by atoms with Crippen LogP contribution in [0.15, 0.2) is 0 Å². The third-order valence-corrected chi connectivity index (χ3v) is 5.54. The maximum atomic E-state index is 11.9. The minimum Gasteiger partial charge on any atom is -0.314 e. The molecule has 0 unspecified atom stereocenters. The zero-order valence-electron chi connectivity index (χ0n) is 12.6. The highest BCUT2D eigenvalue weighted by Gasteiger charge is 2.14. The van der Waals surface area contributed by atoms with Crippen molar-refractivity contribution in [1.29, 1.82) is 0 Å². The number of hydrogen-bond donors (Lipinski definition) is 2. The first kappa shape index (κ1) is 18.2. The van der Waals surface area contributed by atoms with E-state index in [-0.39, 0.29) is 5.75 Å². The van der Waals surface area contributed by atoms with Gasteiger partial charge in [-0.05, 0) is 24.9 Å². The van der Waals surface area contributed by atoms with Crippen LogP contribution in [0.5, 0.6) is 0 Å². The molecule has 1 aliphatic rings. The average Bonchev–Trinajstić information content (AvgIpc) is 2.45. The van der Waals surface area contributed by atoms with E-state index in [2.05, 4.69) is 21.2 Å². The van der Waals surface area contributed by atoms with Crippen LogP contribution in [-0.2, 0) is 10.0 Å². The van der Waals surface area contributed by atoms with Crippen LogP contribution >= 0.6 is 11.8 Å². The molecule has 0 amide bonds. The molecule has 0 atom stereocenters. The molecule has 1 aliphatic heterocycles. The monoisotopic (exact) mass is 323 g/mol. The molecule has 0 saturated carbocycles. The van der Waals surface area contributed by atoms with E-state index in [9.17, 15) is 8.42 Å². The second-order valence-corrected chi connectivity index (χ2v) is 8.12. The molecular formula is C13H29N3O2S2. The van der Waals surface area contributed by atoms with E-state index in [1.807, 2.05) is 11.8 Å². The Labute approximate surface area is 128 Å². The van der Waals surface area contributed by atoms with Gasteiger partial charge in [-0.15, -0.1) is 0 Å². The number of nitrogens with zero attached hydrogens (tertiary/aromatic N) is 1. The van der Waals surface area contributed by atoms with E-state index in [4.69, 9.17) is 0 Å². The van der Waals surface area contributed by atoms with Crippen molar-refractivity contribution in [3.05, 3.63) is 0 Å². The Morgan fingerprint density at radius 1 is 1.15 bits per heavy atom. The van der Waals surface area contributed by atoms with Crippen LogP contribution in [0.3, 0.4) is 0 Å². The van der Waals surface area contributed by atoms with Crippen LogP contribution in [-0.4, -0.2) is 70.3 Å². The van der Waals surface area contributed by atoms with Crippen molar-refractivity contribution < 1.29 is 8.42 Å². The van der Waals surface area contributed by atoms with Crippen LogP contribution in [0.25, 0.3) is 0 Å². The predicted octanol–water partition coefficient (Wildman–Crippen LogP) is 0.734. The van der Waals surface area contributed by atoms with E-state index >= 15 is 0 Å². The standard InChI is InChI=1S/C13H29N3O2S2/c1-19-12-5-3-2-4-6-15-20(17,18)13-11-16-9-7-14-8-10-16/h14-15H,2-13H2,1H3. The van der Waals surface area contributed by atoms with E-state index in [0.29, 0.717) is 13.1 Å². The highest BCUT2D eigenvalue weighted by atomic mass is 32.2. The number of rotatable bonds is 11. The van der Waals surface area contributed by atoms with Crippen LogP contribution in [0.1, 0.15) is 25.7 Å². The minimum atomic E-state index is -3.09. The smallest absolute Gasteiger partial charge is 0.212 e. The van der Waals surface area contributed by atoms with Crippen molar-refractivity contribution >= 4 is 21.8 Å². The van der Waals surface area contributed by atoms with Crippen molar-refractivity contribution in [3.63, 3.8) is 0 Å². The summed E-state index contributed by atoms with van der Waals surface area (Å²) in [7, 11) is -3.09. The number of unbranched alkanes of at least 4 members (excludes halogenated alkanes) is 3. The first-order chi connectivity index (χ1) is 9.64. The molecule has 7 heteroatoms. The van der Waals surface area contributed by atoms with Gasteiger partial charge in [-0.3, -0.25) is 4.90 Å². The lowest BCUT2D eigenvalue weighted by Gasteiger charge is -2.26. The van der Waals surface area contributed by atoms with Crippen LogP contribution in [0.2, 0.25) is 0 Å². The Hall–Kier alpha value is 0.180. The lowest BCUT2D eigenvalue weighted by molar-refractivity contribution is 0.253. The van der Waals surface area contributed by atoms with Crippen molar-refractivity contribution in [2.24, 2.45) is 0 Å². The van der Waals surface area contributed by atoms with Crippen molar-refractivity contribution in [2.75, 3.05) is 57.0 Å². The van der Waals surface area contributed by atoms with Crippen molar-refractivity contribution in [3.8, 4) is 0 Å². The number of piperazine rings is 1. The number of hydrogen-bond acceptors (Lipinski definition) is 5. The second-order valence-electron chi connectivity index (χ2n) is 5.21. The molecule has 1 heterocycles. The summed E-state index contributed by atoms with van der Waals surface area (Å²) in [4.78, 5) is 2.21. The molecule has 0 aromatic rings. The highest BCUT2D eigenvalue weighted by molar-refractivity contribution is 7.98. The van der Waals surface area contributed by atoms with Gasteiger partial charge in [-0.2, -0.15) is 11.8 Å². The molecule has 1 fully saturated rings. The minimum absolute atomic E-state index is 0.222. The average molecular weight is 324 g/mol. The van der Waals surface area contributed by atoms with E-state index in [0.717, 1.165) is 39.0 Å². The molecule has 0 aromatic carbocycles. The lowest BCUT2D eigenvalue weighted by Crippen LogP contribution is -2.45. The number of nitrogens with one attached hydrogen (secondary N) is 2. The topological polar surface area (TPSA) is 61.4 Å². The van der Waals surface area contributed by atoms with Gasteiger partial charge < -0.3 is 5.32 Å². The second kappa shape index (κ2) is 10.8. The molecule has 0 bridgehead atoms. The summed E-state index contributed by atoms with van der Waals surface area (Å²) in [6.07, 6.45) is 6.61. The molecule has 2 N–H and O–H groups in total. The number of sulfonamides is 1. The Morgan fingerprint density at radius 2 is 1.85 bits per heavy atom. The Morgan fingerprint density at radius 3 is 2.55 bits per heavy atom. The zero-order valence-corrected chi connectivity index (χ0v) is 14.2. The Balaban J connectivity index is 2.02. The molecule has 5 nitrogen and oxygen atoms in total. The first-order valence-corrected chi connectivity index (χ1v) is 10.6. The summed E-state index contributed by atoms with van der Waals surface area (Å²) in [5.41, 5.74) is 0. The molecule has 0 aromatic heterocycles. The predicted molar refractivity (Wildman–Crippen MR) is 87.9 cm³/mol. The molecule has 120 valence electrons. The first-order valence-electron chi connectivity index (χ1n) is 7.53. The molecule has 0 spiro atoms. The van der Waals surface area contributed by atoms with Gasteiger partial charge in [0.1, 0.15) is 0 Å². The molecule has 1 rings (SSSR count). The maximum absolute atomic E-state index is 11.9. The summed E-state index contributed by atoms with van der Waals surface area (Å²) < 4.78 is 26.4. The lowest BCUT2D eigenvalue weighted by atomic mass is 10.2. The highest BCUT2D eigenvalue weighted by Crippen LogP contribution is 2.04. The van der Waals surface area contributed by atoms with Gasteiger partial charge in [-0.1, -0.05) is 12.8 Å². The fourth-order valence-corrected chi connectivity index (χ4v) is 3.80. The van der Waals surface area contributed by atoms with Gasteiger partial charge in [0.2, 0.25) is 10.0 Å². The summed E-state index contributed by atoms with van der Waals surface area (Å²) in [5, 5.41) is 3.27. The van der Waals surface area contributed by atoms with Gasteiger partial charge in [0.25, 0.3) is 0 Å². The third-order valence-electron chi connectivity index (χ3n) is 3.48. The summed E-state index contributed by atoms with van der Waals surface area (Å²) in [6.45, 7) is 5.05. The van der Waals surface area contributed by atoms with Gasteiger partial charge in [0.15, 0.2) is 0 Å². The summed E-state index contributed by atoms with van der Waals surface area (Å²) in [6, 6.07) is 0. The van der Waals surface area contributed by atoms with Crippen LogP contribution in [0.4, 0.5) is 0 Å². The molecule has 0 radical (unpaired) electrons. The van der Waals surface area contributed by atoms with E-state index in [1.54, 1.807) is 0 Å². The maximum Gasteiger partial charge on any atom is 0.212 e. The fraction of sp³-hybridized carbons (Fsp3) is 1.00. The van der Waals surface area contributed by atoms with Crippen molar-refractivity contribution in [1.82, 2.24) is 14.9 Å². The SMILES string of the molecule is CSCCCCCCNS(=O)(=O)CCN1CCNCC1. The molecule has 20 heavy (non-hydrogen) atoms. The third kappa shape index (κ3) is 9.18. The Bertz CT molecular complexity index is 331. The van der Waals surface area contributed by atoms with Gasteiger partial charge in [-0.25, -0.2) is 13.1 Å². The normalized spacial score (nSPS) is 17.4. The number of thioether (sulfide) groups is 1. The van der Waals surface area contributed by atoms with Gasteiger partial charge in [0, 0.05) is 39.3 Å².